The zero-order chi connectivity index (χ0) is 16.8. The molecule has 0 saturated carbocycles. The number of methoxy groups -OCH3 is 1. The summed E-state index contributed by atoms with van der Waals surface area (Å²) in [5, 5.41) is 17.7. The second-order valence-corrected chi connectivity index (χ2v) is 4.93. The van der Waals surface area contributed by atoms with Gasteiger partial charge in [0, 0.05) is 17.7 Å². The van der Waals surface area contributed by atoms with Gasteiger partial charge in [0.1, 0.15) is 11.6 Å². The number of hydrogen-bond acceptors (Lipinski definition) is 4. The molecule has 0 aliphatic rings. The zero-order valence-corrected chi connectivity index (χ0v) is 12.8. The minimum absolute atomic E-state index is 0.107. The molecule has 120 valence electrons. The summed E-state index contributed by atoms with van der Waals surface area (Å²) in [6.45, 7) is 0.416. The Kier molecular flexibility index (Phi) is 5.32. The van der Waals surface area contributed by atoms with Gasteiger partial charge in [-0.15, -0.1) is 0 Å². The van der Waals surface area contributed by atoms with E-state index in [4.69, 9.17) is 15.9 Å². The van der Waals surface area contributed by atoms with Crippen LogP contribution in [0.4, 0.5) is 4.79 Å². The Balaban J connectivity index is 2.29. The van der Waals surface area contributed by atoms with E-state index in [1.807, 2.05) is 30.3 Å². The Labute approximate surface area is 134 Å². The largest absolute Gasteiger partial charge is 0.496 e. The molecule has 6 nitrogen and oxygen atoms in total. The molecule has 4 N–H and O–H groups in total. The molecule has 23 heavy (non-hydrogen) atoms. The highest BCUT2D eigenvalue weighted by Gasteiger charge is 2.20. The fourth-order valence-electron chi connectivity index (χ4n) is 2.22. The lowest BCUT2D eigenvalue weighted by Crippen LogP contribution is -2.35. The number of rotatable bonds is 5. The number of amides is 1. The molecular weight excluding hydrogens is 294 g/mol. The number of amidine groups is 1. The quantitative estimate of drug-likeness (QED) is 0.583. The first-order valence-corrected chi connectivity index (χ1v) is 7.07. The van der Waals surface area contributed by atoms with Gasteiger partial charge in [0.2, 0.25) is 0 Å². The Morgan fingerprint density at radius 1 is 1.26 bits per heavy atom. The molecule has 0 aromatic heterocycles. The van der Waals surface area contributed by atoms with Gasteiger partial charge in [-0.05, 0) is 11.6 Å². The average molecular weight is 313 g/mol. The Bertz CT molecular complexity index is 701. The maximum absolute atomic E-state index is 11.5. The van der Waals surface area contributed by atoms with E-state index in [1.54, 1.807) is 18.2 Å². The highest BCUT2D eigenvalue weighted by Crippen LogP contribution is 2.21. The van der Waals surface area contributed by atoms with Gasteiger partial charge < -0.3 is 15.6 Å². The summed E-state index contributed by atoms with van der Waals surface area (Å²) in [5.74, 6) is 0.433. The Hall–Kier alpha value is -2.86. The van der Waals surface area contributed by atoms with Gasteiger partial charge in [-0.3, -0.25) is 10.3 Å². The first-order chi connectivity index (χ1) is 11.1. The molecule has 6 heteroatoms. The predicted molar refractivity (Wildman–Crippen MR) is 87.7 cm³/mol. The first-order valence-electron chi connectivity index (χ1n) is 7.07. The van der Waals surface area contributed by atoms with Crippen molar-refractivity contribution in [3.8, 4) is 5.75 Å². The summed E-state index contributed by atoms with van der Waals surface area (Å²) >= 11 is 0. The molecule has 0 unspecified atom stereocenters. The van der Waals surface area contributed by atoms with Gasteiger partial charge in [0.25, 0.3) is 0 Å². The number of nitrogens with zero attached hydrogens (tertiary/aromatic N) is 1. The Morgan fingerprint density at radius 2 is 1.96 bits per heavy atom. The Morgan fingerprint density at radius 3 is 2.52 bits per heavy atom. The summed E-state index contributed by atoms with van der Waals surface area (Å²) in [7, 11) is 1.51. The number of nitrogens with one attached hydrogen (secondary N) is 1. The fraction of sp³-hybridized carbons (Fsp3) is 0.176. The first kappa shape index (κ1) is 16.5. The van der Waals surface area contributed by atoms with Crippen LogP contribution in [0.15, 0.2) is 48.5 Å². The number of benzene rings is 2. The molecule has 0 heterocycles. The van der Waals surface area contributed by atoms with Crippen molar-refractivity contribution in [2.45, 2.75) is 13.1 Å². The average Bonchev–Trinajstić information content (AvgIpc) is 2.59. The molecule has 0 spiro atoms. The van der Waals surface area contributed by atoms with Crippen molar-refractivity contribution < 1.29 is 14.6 Å². The molecule has 2 aromatic rings. The lowest BCUT2D eigenvalue weighted by atomic mass is 10.1. The topological polar surface area (TPSA) is 99.6 Å². The predicted octanol–water partition coefficient (Wildman–Crippen LogP) is 2.66. The van der Waals surface area contributed by atoms with Crippen molar-refractivity contribution in [3.63, 3.8) is 0 Å². The maximum Gasteiger partial charge on any atom is 0.413 e. The molecule has 2 aromatic carbocycles. The van der Waals surface area contributed by atoms with E-state index in [1.165, 1.54) is 7.11 Å². The van der Waals surface area contributed by atoms with Gasteiger partial charge >= 0.3 is 6.09 Å². The minimum Gasteiger partial charge on any atom is -0.496 e. The minimum atomic E-state index is -1.18. The van der Waals surface area contributed by atoms with E-state index < -0.39 is 6.09 Å². The highest BCUT2D eigenvalue weighted by atomic mass is 16.5. The van der Waals surface area contributed by atoms with Crippen molar-refractivity contribution in [3.05, 3.63) is 65.2 Å². The van der Waals surface area contributed by atoms with Gasteiger partial charge in [-0.1, -0.05) is 42.5 Å². The third-order valence-corrected chi connectivity index (χ3v) is 3.46. The summed E-state index contributed by atoms with van der Waals surface area (Å²) in [6.07, 6.45) is -1.18. The standard InChI is InChI=1S/C17H19N3O3/c1-23-15-9-13(7-8-14(15)10-18)16(19)20(17(21)22)11-12-5-3-2-4-6-12/h2-9,19H,10-11,18H2,1H3,(H,21,22). The van der Waals surface area contributed by atoms with Crippen molar-refractivity contribution in [2.75, 3.05) is 7.11 Å². The number of nitrogens with two attached hydrogens (primary N) is 1. The number of carbonyl (C=O) groups is 1. The van der Waals surface area contributed by atoms with E-state index in [0.29, 0.717) is 17.9 Å². The van der Waals surface area contributed by atoms with Crippen LogP contribution in [0.1, 0.15) is 16.7 Å². The van der Waals surface area contributed by atoms with Crippen LogP contribution < -0.4 is 10.5 Å². The summed E-state index contributed by atoms with van der Waals surface area (Å²) in [5.41, 5.74) is 7.69. The fourth-order valence-corrected chi connectivity index (χ4v) is 2.22. The maximum atomic E-state index is 11.5. The molecule has 0 atom stereocenters. The smallest absolute Gasteiger partial charge is 0.413 e. The lowest BCUT2D eigenvalue weighted by Gasteiger charge is -2.21. The van der Waals surface area contributed by atoms with Gasteiger partial charge in [0.05, 0.1) is 13.7 Å². The summed E-state index contributed by atoms with van der Waals surface area (Å²) in [6, 6.07) is 14.2. The van der Waals surface area contributed by atoms with E-state index in [2.05, 4.69) is 0 Å². The molecule has 0 fully saturated rings. The normalized spacial score (nSPS) is 10.2. The van der Waals surface area contributed by atoms with Crippen molar-refractivity contribution in [1.82, 2.24) is 4.90 Å². The number of carboxylic acid groups (broad SMARTS) is 1. The van der Waals surface area contributed by atoms with Crippen LogP contribution in [0.5, 0.6) is 5.75 Å². The van der Waals surface area contributed by atoms with Crippen LogP contribution in [0.25, 0.3) is 0 Å². The monoisotopic (exact) mass is 313 g/mol. The third-order valence-electron chi connectivity index (χ3n) is 3.46. The van der Waals surface area contributed by atoms with Crippen molar-refractivity contribution in [2.24, 2.45) is 5.73 Å². The molecule has 0 saturated heterocycles. The van der Waals surface area contributed by atoms with Gasteiger partial charge in [0.15, 0.2) is 0 Å². The highest BCUT2D eigenvalue weighted by molar-refractivity contribution is 6.04. The van der Waals surface area contributed by atoms with E-state index >= 15 is 0 Å². The van der Waals surface area contributed by atoms with Crippen LogP contribution in [0, 0.1) is 5.41 Å². The molecular formula is C17H19N3O3. The number of ether oxygens (including phenoxy) is 1. The van der Waals surface area contributed by atoms with Crippen LogP contribution >= 0.6 is 0 Å². The van der Waals surface area contributed by atoms with Crippen LogP contribution in [-0.2, 0) is 13.1 Å². The lowest BCUT2D eigenvalue weighted by molar-refractivity contribution is 0.167. The molecule has 0 aliphatic heterocycles. The molecule has 1 amide bonds. The van der Waals surface area contributed by atoms with E-state index in [0.717, 1.165) is 16.0 Å². The molecule has 0 radical (unpaired) electrons. The SMILES string of the molecule is COc1cc(C(=N)N(Cc2ccccc2)C(=O)O)ccc1CN. The van der Waals surface area contributed by atoms with Crippen molar-refractivity contribution in [1.29, 1.82) is 5.41 Å². The summed E-state index contributed by atoms with van der Waals surface area (Å²) < 4.78 is 5.24. The number of hydrogen-bond donors (Lipinski definition) is 3. The second-order valence-electron chi connectivity index (χ2n) is 4.93. The molecule has 0 bridgehead atoms. The zero-order valence-electron chi connectivity index (χ0n) is 12.8. The molecule has 0 aliphatic carbocycles. The van der Waals surface area contributed by atoms with E-state index in [9.17, 15) is 9.90 Å². The van der Waals surface area contributed by atoms with Gasteiger partial charge in [-0.2, -0.15) is 0 Å². The van der Waals surface area contributed by atoms with Crippen LogP contribution in [0.3, 0.4) is 0 Å². The molecule has 2 rings (SSSR count). The van der Waals surface area contributed by atoms with Crippen molar-refractivity contribution >= 4 is 11.9 Å². The third kappa shape index (κ3) is 3.87. The van der Waals surface area contributed by atoms with Crippen LogP contribution in [0.2, 0.25) is 0 Å². The van der Waals surface area contributed by atoms with Crippen LogP contribution in [-0.4, -0.2) is 29.0 Å². The van der Waals surface area contributed by atoms with Gasteiger partial charge in [-0.25, -0.2) is 4.79 Å². The second kappa shape index (κ2) is 7.42. The summed E-state index contributed by atoms with van der Waals surface area (Å²) in [4.78, 5) is 12.5. The van der Waals surface area contributed by atoms with E-state index in [-0.39, 0.29) is 12.4 Å².